The lowest BCUT2D eigenvalue weighted by molar-refractivity contribution is 1.18. The van der Waals surface area contributed by atoms with Gasteiger partial charge in [-0.2, -0.15) is 0 Å². The minimum atomic E-state index is 1.19. The van der Waals surface area contributed by atoms with Crippen LogP contribution in [-0.4, -0.2) is 9.13 Å². The van der Waals surface area contributed by atoms with Crippen molar-refractivity contribution < 1.29 is 0 Å². The Balaban J connectivity index is 1.18. The van der Waals surface area contributed by atoms with Crippen LogP contribution in [-0.2, 0) is 0 Å². The fourth-order valence-electron chi connectivity index (χ4n) is 7.76. The molecule has 10 rings (SSSR count). The average molecular weight is 611 g/mol. The minimum Gasteiger partial charge on any atom is -0.309 e. The van der Waals surface area contributed by atoms with Crippen LogP contribution in [0.5, 0.6) is 0 Å². The third kappa shape index (κ3) is 4.00. The fourth-order valence-corrected chi connectivity index (χ4v) is 7.76. The fraction of sp³-hybridized carbons (Fsp3) is 0. The molecular formula is C46H30N2. The van der Waals surface area contributed by atoms with Crippen LogP contribution >= 0.6 is 0 Å². The van der Waals surface area contributed by atoms with Crippen molar-refractivity contribution in [1.29, 1.82) is 0 Å². The Kier molecular flexibility index (Phi) is 5.91. The first-order chi connectivity index (χ1) is 23.8. The van der Waals surface area contributed by atoms with Crippen LogP contribution in [0.1, 0.15) is 0 Å². The smallest absolute Gasteiger partial charge is 0.0541 e. The second-order valence-electron chi connectivity index (χ2n) is 12.6. The maximum absolute atomic E-state index is 2.43. The summed E-state index contributed by atoms with van der Waals surface area (Å²) >= 11 is 0. The van der Waals surface area contributed by atoms with Gasteiger partial charge in [-0.25, -0.2) is 0 Å². The summed E-state index contributed by atoms with van der Waals surface area (Å²) in [5, 5.41) is 7.53. The molecule has 224 valence electrons. The number of fused-ring (bicyclic) bond motifs is 7. The quantitative estimate of drug-likeness (QED) is 0.188. The molecule has 8 aromatic carbocycles. The van der Waals surface area contributed by atoms with Crippen molar-refractivity contribution in [2.75, 3.05) is 0 Å². The van der Waals surface area contributed by atoms with E-state index in [1.807, 2.05) is 0 Å². The summed E-state index contributed by atoms with van der Waals surface area (Å²) in [5.74, 6) is 0. The minimum absolute atomic E-state index is 1.19. The van der Waals surface area contributed by atoms with Crippen LogP contribution in [0.25, 0.3) is 88.0 Å². The summed E-state index contributed by atoms with van der Waals surface area (Å²) in [7, 11) is 0. The zero-order valence-electron chi connectivity index (χ0n) is 26.2. The van der Waals surface area contributed by atoms with E-state index in [2.05, 4.69) is 191 Å². The highest BCUT2D eigenvalue weighted by Crippen LogP contribution is 2.40. The molecule has 0 spiro atoms. The molecule has 0 atom stereocenters. The maximum atomic E-state index is 2.43. The second kappa shape index (κ2) is 10.6. The van der Waals surface area contributed by atoms with E-state index in [1.165, 1.54) is 88.0 Å². The van der Waals surface area contributed by atoms with Crippen LogP contribution < -0.4 is 0 Å². The largest absolute Gasteiger partial charge is 0.309 e. The van der Waals surface area contributed by atoms with Crippen molar-refractivity contribution >= 4 is 54.4 Å². The molecule has 0 bridgehead atoms. The van der Waals surface area contributed by atoms with E-state index in [-0.39, 0.29) is 0 Å². The molecule has 0 aliphatic rings. The molecule has 10 aromatic rings. The third-order valence-electron chi connectivity index (χ3n) is 9.92. The van der Waals surface area contributed by atoms with Crippen LogP contribution in [0.4, 0.5) is 0 Å². The van der Waals surface area contributed by atoms with Crippen molar-refractivity contribution in [3.8, 4) is 33.6 Å². The van der Waals surface area contributed by atoms with Gasteiger partial charge in [0.05, 0.1) is 33.4 Å². The summed E-state index contributed by atoms with van der Waals surface area (Å²) < 4.78 is 4.86. The Labute approximate surface area is 278 Å². The molecule has 0 unspecified atom stereocenters. The molecule has 0 fully saturated rings. The number of nitrogens with zero attached hydrogens (tertiary/aromatic N) is 2. The average Bonchev–Trinajstić information content (AvgIpc) is 3.67. The molecule has 2 heteroatoms. The molecule has 0 amide bonds. The van der Waals surface area contributed by atoms with E-state index < -0.39 is 0 Å². The molecule has 0 saturated carbocycles. The second-order valence-corrected chi connectivity index (χ2v) is 12.6. The Hall–Kier alpha value is -6.38. The lowest BCUT2D eigenvalue weighted by Crippen LogP contribution is -1.97. The number of hydrogen-bond donors (Lipinski definition) is 0. The molecule has 2 aromatic heterocycles. The molecule has 0 N–H and O–H groups in total. The van der Waals surface area contributed by atoms with Gasteiger partial charge in [-0.1, -0.05) is 133 Å². The topological polar surface area (TPSA) is 9.86 Å². The third-order valence-corrected chi connectivity index (χ3v) is 9.92. The predicted octanol–water partition coefficient (Wildman–Crippen LogP) is 12.4. The highest BCUT2D eigenvalue weighted by Gasteiger charge is 2.18. The van der Waals surface area contributed by atoms with Crippen molar-refractivity contribution in [3.05, 3.63) is 182 Å². The number of hydrogen-bond acceptors (Lipinski definition) is 0. The zero-order chi connectivity index (χ0) is 31.6. The monoisotopic (exact) mass is 610 g/mol. The molecule has 2 nitrogen and oxygen atoms in total. The molecule has 0 saturated heterocycles. The van der Waals surface area contributed by atoms with E-state index in [0.717, 1.165) is 0 Å². The molecule has 0 aliphatic heterocycles. The van der Waals surface area contributed by atoms with E-state index >= 15 is 0 Å². The predicted molar refractivity (Wildman–Crippen MR) is 203 cm³/mol. The number of para-hydroxylation sites is 3. The highest BCUT2D eigenvalue weighted by atomic mass is 15.0. The van der Waals surface area contributed by atoms with Crippen molar-refractivity contribution in [2.24, 2.45) is 0 Å². The van der Waals surface area contributed by atoms with E-state index in [1.54, 1.807) is 0 Å². The van der Waals surface area contributed by atoms with E-state index in [0.29, 0.717) is 0 Å². The normalized spacial score (nSPS) is 11.8. The highest BCUT2D eigenvalue weighted by molar-refractivity contribution is 6.13. The van der Waals surface area contributed by atoms with Gasteiger partial charge in [0.25, 0.3) is 0 Å². The van der Waals surface area contributed by atoms with Crippen LogP contribution in [0, 0.1) is 0 Å². The van der Waals surface area contributed by atoms with Crippen molar-refractivity contribution in [3.63, 3.8) is 0 Å². The first-order valence-electron chi connectivity index (χ1n) is 16.5. The lowest BCUT2D eigenvalue weighted by Gasteiger charge is -2.14. The number of benzene rings is 8. The number of rotatable bonds is 4. The Morgan fingerprint density at radius 3 is 1.44 bits per heavy atom. The summed E-state index contributed by atoms with van der Waals surface area (Å²) in [6, 6.07) is 66.2. The van der Waals surface area contributed by atoms with Gasteiger partial charge in [-0.05, 0) is 70.6 Å². The molecule has 2 heterocycles. The van der Waals surface area contributed by atoms with Crippen molar-refractivity contribution in [1.82, 2.24) is 9.13 Å². The first kappa shape index (κ1) is 26.8. The van der Waals surface area contributed by atoms with Gasteiger partial charge in [0, 0.05) is 32.5 Å². The van der Waals surface area contributed by atoms with Gasteiger partial charge in [0.2, 0.25) is 0 Å². The Morgan fingerprint density at radius 2 is 0.750 bits per heavy atom. The summed E-state index contributed by atoms with van der Waals surface area (Å²) in [5.41, 5.74) is 12.1. The summed E-state index contributed by atoms with van der Waals surface area (Å²) in [6.07, 6.45) is 0. The molecule has 48 heavy (non-hydrogen) atoms. The first-order valence-corrected chi connectivity index (χ1v) is 16.5. The Morgan fingerprint density at radius 1 is 0.271 bits per heavy atom. The van der Waals surface area contributed by atoms with E-state index in [4.69, 9.17) is 0 Å². The van der Waals surface area contributed by atoms with Crippen LogP contribution in [0.3, 0.4) is 0 Å². The number of aromatic nitrogens is 2. The van der Waals surface area contributed by atoms with Gasteiger partial charge in [-0.3, -0.25) is 0 Å². The standard InChI is InChI=1S/C46H30N2/c1-2-13-31(14-3-1)35-18-6-9-21-41(35)47-43-22-10-7-19-37(43)39-29-33(25-27-45(39)47)34-26-28-46-40(30-34)38-20-8-11-23-44(38)48(46)42-24-12-16-32-15-4-5-17-36(32)42/h1-30H. The van der Waals surface area contributed by atoms with Gasteiger partial charge < -0.3 is 9.13 Å². The maximum Gasteiger partial charge on any atom is 0.0541 e. The summed E-state index contributed by atoms with van der Waals surface area (Å²) in [6.45, 7) is 0. The molecule has 0 radical (unpaired) electrons. The molecular weight excluding hydrogens is 581 g/mol. The molecule has 0 aliphatic carbocycles. The van der Waals surface area contributed by atoms with Crippen LogP contribution in [0.15, 0.2) is 182 Å². The van der Waals surface area contributed by atoms with Gasteiger partial charge in [0.1, 0.15) is 0 Å². The van der Waals surface area contributed by atoms with Crippen LogP contribution in [0.2, 0.25) is 0 Å². The summed E-state index contributed by atoms with van der Waals surface area (Å²) in [4.78, 5) is 0. The zero-order valence-corrected chi connectivity index (χ0v) is 26.2. The Bertz CT molecular complexity index is 2830. The SMILES string of the molecule is c1ccc(-c2ccccc2-n2c3ccccc3c3cc(-c4ccc5c(c4)c4ccccc4n5-c4cccc5ccccc45)ccc32)cc1. The van der Waals surface area contributed by atoms with Crippen molar-refractivity contribution in [2.45, 2.75) is 0 Å². The lowest BCUT2D eigenvalue weighted by atomic mass is 10.0. The van der Waals surface area contributed by atoms with Gasteiger partial charge >= 0.3 is 0 Å². The van der Waals surface area contributed by atoms with Gasteiger partial charge in [-0.15, -0.1) is 0 Å². The van der Waals surface area contributed by atoms with E-state index in [9.17, 15) is 0 Å². The van der Waals surface area contributed by atoms with Gasteiger partial charge in [0.15, 0.2) is 0 Å².